The van der Waals surface area contributed by atoms with Crippen LogP contribution >= 0.6 is 0 Å². The lowest BCUT2D eigenvalue weighted by Crippen LogP contribution is -2.55. The van der Waals surface area contributed by atoms with Crippen LogP contribution in [-0.4, -0.2) is 82.8 Å². The Morgan fingerprint density at radius 1 is 1.33 bits per heavy atom. The molecule has 8 heteroatoms. The van der Waals surface area contributed by atoms with Crippen LogP contribution in [0.1, 0.15) is 16.9 Å². The van der Waals surface area contributed by atoms with Gasteiger partial charge in [0.1, 0.15) is 5.69 Å². The fourth-order valence-electron chi connectivity index (χ4n) is 3.08. The number of hydrogen-bond acceptors (Lipinski definition) is 5. The minimum absolute atomic E-state index is 0.00409. The predicted octanol–water partition coefficient (Wildman–Crippen LogP) is 0.330. The first-order valence-electron chi connectivity index (χ1n) is 8.96. The molecule has 0 unspecified atom stereocenters. The van der Waals surface area contributed by atoms with Gasteiger partial charge in [0.25, 0.3) is 5.91 Å². The Labute approximate surface area is 158 Å². The van der Waals surface area contributed by atoms with Crippen LogP contribution in [0.5, 0.6) is 0 Å². The molecule has 3 N–H and O–H groups in total. The van der Waals surface area contributed by atoms with Crippen LogP contribution in [0.15, 0.2) is 36.4 Å². The second-order valence-electron chi connectivity index (χ2n) is 6.99. The molecule has 0 radical (unpaired) electrons. The third-order valence-corrected chi connectivity index (χ3v) is 4.73. The van der Waals surface area contributed by atoms with Gasteiger partial charge in [-0.3, -0.25) is 19.6 Å². The van der Waals surface area contributed by atoms with Crippen molar-refractivity contribution in [3.8, 4) is 11.3 Å². The number of rotatable bonds is 5. The Bertz CT molecular complexity index is 790. The number of carbonyl (C=O) groups is 2. The minimum Gasteiger partial charge on any atom is -0.390 e. The molecule has 2 aromatic rings. The normalized spacial score (nSPS) is 20.3. The van der Waals surface area contributed by atoms with E-state index >= 15 is 0 Å². The first-order valence-corrected chi connectivity index (χ1v) is 8.96. The SMILES string of the molecule is CN(C)C(=O)CN1CC[C@H](NC(=O)c2cc(-c3ccccc3)n[nH]2)[C@@H](O)C1. The lowest BCUT2D eigenvalue weighted by atomic mass is 10.0. The molecule has 1 aromatic heterocycles. The molecule has 0 aliphatic carbocycles. The Balaban J connectivity index is 1.56. The summed E-state index contributed by atoms with van der Waals surface area (Å²) in [7, 11) is 3.42. The molecule has 0 bridgehead atoms. The molecule has 1 fully saturated rings. The van der Waals surface area contributed by atoms with Gasteiger partial charge in [-0.05, 0) is 12.5 Å². The summed E-state index contributed by atoms with van der Waals surface area (Å²) < 4.78 is 0. The number of hydrogen-bond donors (Lipinski definition) is 3. The zero-order chi connectivity index (χ0) is 19.4. The van der Waals surface area contributed by atoms with Gasteiger partial charge in [-0.15, -0.1) is 0 Å². The van der Waals surface area contributed by atoms with E-state index in [0.29, 0.717) is 30.9 Å². The van der Waals surface area contributed by atoms with Crippen molar-refractivity contribution in [1.82, 2.24) is 25.3 Å². The zero-order valence-corrected chi connectivity index (χ0v) is 15.6. The van der Waals surface area contributed by atoms with Gasteiger partial charge >= 0.3 is 0 Å². The minimum atomic E-state index is -0.728. The van der Waals surface area contributed by atoms with Crippen LogP contribution in [0, 0.1) is 0 Å². The van der Waals surface area contributed by atoms with Gasteiger partial charge in [-0.25, -0.2) is 0 Å². The van der Waals surface area contributed by atoms with E-state index in [-0.39, 0.29) is 24.4 Å². The Morgan fingerprint density at radius 2 is 2.07 bits per heavy atom. The van der Waals surface area contributed by atoms with Crippen molar-refractivity contribution < 1.29 is 14.7 Å². The van der Waals surface area contributed by atoms with E-state index in [0.717, 1.165) is 5.56 Å². The molecule has 2 amide bonds. The first kappa shape index (κ1) is 19.1. The first-order chi connectivity index (χ1) is 12.9. The number of aromatic amines is 1. The maximum Gasteiger partial charge on any atom is 0.269 e. The van der Waals surface area contributed by atoms with Gasteiger partial charge in [0.15, 0.2) is 0 Å². The average Bonchev–Trinajstić information content (AvgIpc) is 3.15. The molecule has 0 saturated carbocycles. The average molecular weight is 371 g/mol. The van der Waals surface area contributed by atoms with Crippen molar-refractivity contribution >= 4 is 11.8 Å². The van der Waals surface area contributed by atoms with E-state index in [2.05, 4.69) is 15.5 Å². The monoisotopic (exact) mass is 371 g/mol. The number of amides is 2. The highest BCUT2D eigenvalue weighted by Gasteiger charge is 2.30. The number of likely N-dealkylation sites (tertiary alicyclic amines) is 1. The molecule has 2 heterocycles. The number of nitrogens with one attached hydrogen (secondary N) is 2. The Kier molecular flexibility index (Phi) is 5.88. The van der Waals surface area contributed by atoms with Crippen LogP contribution < -0.4 is 5.32 Å². The largest absolute Gasteiger partial charge is 0.390 e. The smallest absolute Gasteiger partial charge is 0.269 e. The summed E-state index contributed by atoms with van der Waals surface area (Å²) in [6, 6.07) is 10.9. The molecule has 8 nitrogen and oxygen atoms in total. The molecule has 27 heavy (non-hydrogen) atoms. The number of aromatic nitrogens is 2. The molecular formula is C19H25N5O3. The number of H-pyrrole nitrogens is 1. The van der Waals surface area contributed by atoms with Gasteiger partial charge < -0.3 is 15.3 Å². The second kappa shape index (κ2) is 8.32. The van der Waals surface area contributed by atoms with Crippen molar-refractivity contribution in [1.29, 1.82) is 0 Å². The summed E-state index contributed by atoms with van der Waals surface area (Å²) in [5.41, 5.74) is 1.97. The number of aliphatic hydroxyl groups excluding tert-OH is 1. The molecule has 144 valence electrons. The summed E-state index contributed by atoms with van der Waals surface area (Å²) >= 11 is 0. The van der Waals surface area contributed by atoms with Crippen molar-refractivity contribution in [3.05, 3.63) is 42.1 Å². The number of carbonyl (C=O) groups excluding carboxylic acids is 2. The summed E-state index contributed by atoms with van der Waals surface area (Å²) in [6.45, 7) is 1.26. The van der Waals surface area contributed by atoms with Crippen LogP contribution in [0.4, 0.5) is 0 Å². The van der Waals surface area contributed by atoms with E-state index in [1.165, 1.54) is 4.90 Å². The molecular weight excluding hydrogens is 346 g/mol. The highest BCUT2D eigenvalue weighted by Crippen LogP contribution is 2.17. The standard InChI is InChI=1S/C19H25N5O3/c1-23(2)18(26)12-24-9-8-14(17(25)11-24)20-19(27)16-10-15(21-22-16)13-6-4-3-5-7-13/h3-7,10,14,17,25H,8-9,11-12H2,1-2H3,(H,20,27)(H,21,22)/t14-,17-/m0/s1. The molecule has 1 aromatic carbocycles. The van der Waals surface area contributed by atoms with E-state index in [1.54, 1.807) is 20.2 Å². The van der Waals surface area contributed by atoms with Crippen LogP contribution in [-0.2, 0) is 4.79 Å². The molecule has 3 rings (SSSR count). The molecule has 2 atom stereocenters. The van der Waals surface area contributed by atoms with E-state index in [1.807, 2.05) is 35.2 Å². The maximum absolute atomic E-state index is 12.5. The second-order valence-corrected chi connectivity index (χ2v) is 6.99. The lowest BCUT2D eigenvalue weighted by molar-refractivity contribution is -0.130. The summed E-state index contributed by atoms with van der Waals surface area (Å²) in [4.78, 5) is 27.7. The number of likely N-dealkylation sites (N-methyl/N-ethyl adjacent to an activating group) is 1. The summed E-state index contributed by atoms with van der Waals surface area (Å²) in [6.07, 6.45) is -0.151. The third-order valence-electron chi connectivity index (χ3n) is 4.73. The number of benzene rings is 1. The van der Waals surface area contributed by atoms with Crippen molar-refractivity contribution in [3.63, 3.8) is 0 Å². The van der Waals surface area contributed by atoms with E-state index < -0.39 is 6.10 Å². The van der Waals surface area contributed by atoms with E-state index in [9.17, 15) is 14.7 Å². The van der Waals surface area contributed by atoms with Crippen molar-refractivity contribution in [2.45, 2.75) is 18.6 Å². The van der Waals surface area contributed by atoms with Crippen LogP contribution in [0.25, 0.3) is 11.3 Å². The van der Waals surface area contributed by atoms with Crippen molar-refractivity contribution in [2.75, 3.05) is 33.7 Å². The van der Waals surface area contributed by atoms with E-state index in [4.69, 9.17) is 0 Å². The highest BCUT2D eigenvalue weighted by atomic mass is 16.3. The fraction of sp³-hybridized carbons (Fsp3) is 0.421. The third kappa shape index (κ3) is 4.72. The molecule has 1 saturated heterocycles. The topological polar surface area (TPSA) is 102 Å². The molecule has 1 aliphatic rings. The molecule has 1 aliphatic heterocycles. The van der Waals surface area contributed by atoms with Crippen LogP contribution in [0.3, 0.4) is 0 Å². The van der Waals surface area contributed by atoms with Crippen molar-refractivity contribution in [2.24, 2.45) is 0 Å². The molecule has 0 spiro atoms. The van der Waals surface area contributed by atoms with Gasteiger partial charge in [0.05, 0.1) is 24.4 Å². The number of aliphatic hydroxyl groups is 1. The Morgan fingerprint density at radius 3 is 2.74 bits per heavy atom. The number of piperidine rings is 1. The summed E-state index contributed by atoms with van der Waals surface area (Å²) in [5.74, 6) is -0.304. The Hall–Kier alpha value is -2.71. The quantitative estimate of drug-likeness (QED) is 0.703. The van der Waals surface area contributed by atoms with Gasteiger partial charge in [0, 0.05) is 32.7 Å². The van der Waals surface area contributed by atoms with Gasteiger partial charge in [-0.1, -0.05) is 30.3 Å². The highest BCUT2D eigenvalue weighted by molar-refractivity contribution is 5.93. The van der Waals surface area contributed by atoms with Gasteiger partial charge in [0.2, 0.25) is 5.91 Å². The fourth-order valence-corrected chi connectivity index (χ4v) is 3.08. The van der Waals surface area contributed by atoms with Gasteiger partial charge in [-0.2, -0.15) is 5.10 Å². The number of nitrogens with zero attached hydrogens (tertiary/aromatic N) is 3. The zero-order valence-electron chi connectivity index (χ0n) is 15.6. The summed E-state index contributed by atoms with van der Waals surface area (Å²) in [5, 5.41) is 20.2. The van der Waals surface area contributed by atoms with Crippen LogP contribution in [0.2, 0.25) is 0 Å². The predicted molar refractivity (Wildman–Crippen MR) is 101 cm³/mol. The maximum atomic E-state index is 12.5. The lowest BCUT2D eigenvalue weighted by Gasteiger charge is -2.36. The number of β-amino-alcohol motifs (C(OH)–C–C–N with tert-alkyl or cyclic N) is 1.